The van der Waals surface area contributed by atoms with Crippen LogP contribution in [0.5, 0.6) is 0 Å². The maximum atomic E-state index is 12.6. The van der Waals surface area contributed by atoms with E-state index in [4.69, 9.17) is 9.25 Å². The van der Waals surface area contributed by atoms with Gasteiger partial charge in [-0.05, 0) is 23.9 Å². The minimum atomic E-state index is -0.155. The molecule has 2 aromatic heterocycles. The molecule has 1 aliphatic heterocycles. The van der Waals surface area contributed by atoms with Crippen molar-refractivity contribution in [1.29, 1.82) is 0 Å². The Kier molecular flexibility index (Phi) is 4.49. The normalized spacial score (nSPS) is 14.9. The monoisotopic (exact) mass is 368 g/mol. The number of rotatable bonds is 6. The van der Waals surface area contributed by atoms with Crippen molar-refractivity contribution in [3.63, 3.8) is 0 Å². The number of amides is 1. The van der Waals surface area contributed by atoms with Crippen LogP contribution in [0.2, 0.25) is 0 Å². The summed E-state index contributed by atoms with van der Waals surface area (Å²) in [4.78, 5) is 20.6. The fourth-order valence-electron chi connectivity index (χ4n) is 2.76. The number of carbonyl (C=O) groups excluding carboxylic acids is 1. The molecule has 1 aliphatic rings. The summed E-state index contributed by atoms with van der Waals surface area (Å²) in [5, 5.41) is 13.9. The topological polar surface area (TPSA) is 80.8 Å². The van der Waals surface area contributed by atoms with Gasteiger partial charge in [-0.1, -0.05) is 36.3 Å². The quantitative estimate of drug-likeness (QED) is 0.622. The summed E-state index contributed by atoms with van der Waals surface area (Å²) in [7, 11) is 0. The molecule has 8 heteroatoms. The number of anilines is 1. The summed E-state index contributed by atoms with van der Waals surface area (Å²) in [6, 6.07) is 11.4. The number of nitrogens with zero attached hydrogens (tertiary/aromatic N) is 4. The van der Waals surface area contributed by atoms with Gasteiger partial charge in [0.05, 0.1) is 10.6 Å². The second kappa shape index (κ2) is 7.09. The lowest BCUT2D eigenvalue weighted by Gasteiger charge is -2.14. The Bertz CT molecular complexity index is 949. The largest absolute Gasteiger partial charge is 0.416 e. The van der Waals surface area contributed by atoms with Crippen LogP contribution in [0.3, 0.4) is 0 Å². The van der Waals surface area contributed by atoms with Gasteiger partial charge in [-0.15, -0.1) is 21.5 Å². The second-order valence-electron chi connectivity index (χ2n) is 5.67. The Morgan fingerprint density at radius 3 is 2.92 bits per heavy atom. The molecule has 0 unspecified atom stereocenters. The fourth-order valence-corrected chi connectivity index (χ4v) is 3.40. The summed E-state index contributed by atoms with van der Waals surface area (Å²) in [6.45, 7) is 2.68. The van der Waals surface area contributed by atoms with E-state index in [1.807, 2.05) is 48.7 Å². The lowest BCUT2D eigenvalue weighted by Crippen LogP contribution is -2.30. The van der Waals surface area contributed by atoms with Crippen molar-refractivity contribution in [1.82, 2.24) is 10.2 Å². The number of hydrogen-bond acceptors (Lipinski definition) is 7. The third kappa shape index (κ3) is 2.99. The van der Waals surface area contributed by atoms with Crippen molar-refractivity contribution in [2.24, 2.45) is 5.16 Å². The molecule has 1 aromatic carbocycles. The molecule has 0 radical (unpaired) electrons. The molecule has 132 valence electrons. The van der Waals surface area contributed by atoms with E-state index in [9.17, 15) is 4.79 Å². The first-order valence-corrected chi connectivity index (χ1v) is 9.13. The maximum absolute atomic E-state index is 12.6. The van der Waals surface area contributed by atoms with Crippen LogP contribution in [0.25, 0.3) is 10.8 Å². The highest BCUT2D eigenvalue weighted by Gasteiger charge is 2.33. The molecule has 7 nitrogen and oxygen atoms in total. The zero-order valence-electron chi connectivity index (χ0n) is 14.1. The van der Waals surface area contributed by atoms with E-state index in [2.05, 4.69) is 15.4 Å². The van der Waals surface area contributed by atoms with Crippen LogP contribution >= 0.6 is 11.3 Å². The standard InChI is InChI=1S/C18H16N4O3S/c1-2-9-22-13-7-4-3-6-12(13)16(18(22)23)21-24-11-15-19-20-17(25-15)14-8-5-10-26-14/h3-8,10H,2,9,11H2,1H3. The first kappa shape index (κ1) is 16.5. The molecule has 3 aromatic rings. The Morgan fingerprint density at radius 1 is 1.23 bits per heavy atom. The van der Waals surface area contributed by atoms with Crippen molar-refractivity contribution in [3.05, 3.63) is 53.2 Å². The van der Waals surface area contributed by atoms with Gasteiger partial charge in [0.1, 0.15) is 0 Å². The average molecular weight is 368 g/mol. The zero-order chi connectivity index (χ0) is 17.9. The molecule has 0 spiro atoms. The first-order chi connectivity index (χ1) is 12.8. The van der Waals surface area contributed by atoms with Gasteiger partial charge in [0, 0.05) is 12.1 Å². The van der Waals surface area contributed by atoms with Gasteiger partial charge in [0.25, 0.3) is 17.7 Å². The number of carbonyl (C=O) groups is 1. The molecule has 4 rings (SSSR count). The predicted molar refractivity (Wildman–Crippen MR) is 98.0 cm³/mol. The number of oxime groups is 1. The fraction of sp³-hybridized carbons (Fsp3) is 0.222. The number of para-hydroxylation sites is 1. The van der Waals surface area contributed by atoms with Crippen molar-refractivity contribution in [3.8, 4) is 10.8 Å². The van der Waals surface area contributed by atoms with Crippen LogP contribution < -0.4 is 4.90 Å². The summed E-state index contributed by atoms with van der Waals surface area (Å²) < 4.78 is 5.55. The van der Waals surface area contributed by atoms with E-state index in [-0.39, 0.29) is 12.5 Å². The summed E-state index contributed by atoms with van der Waals surface area (Å²) in [5.74, 6) is 0.599. The highest BCUT2D eigenvalue weighted by molar-refractivity contribution is 7.13. The molecule has 0 bridgehead atoms. The maximum Gasteiger partial charge on any atom is 0.281 e. The van der Waals surface area contributed by atoms with Crippen molar-refractivity contribution < 1.29 is 14.0 Å². The van der Waals surface area contributed by atoms with Gasteiger partial charge >= 0.3 is 0 Å². The van der Waals surface area contributed by atoms with Crippen LogP contribution in [0.1, 0.15) is 24.8 Å². The lowest BCUT2D eigenvalue weighted by molar-refractivity contribution is -0.112. The summed E-state index contributed by atoms with van der Waals surface area (Å²) >= 11 is 1.52. The summed E-state index contributed by atoms with van der Waals surface area (Å²) in [5.41, 5.74) is 1.93. The van der Waals surface area contributed by atoms with Crippen LogP contribution in [0.4, 0.5) is 5.69 Å². The SMILES string of the molecule is CCCN1C(=O)C(=NOCc2nnc(-c3cccs3)o2)c2ccccc21. The van der Waals surface area contributed by atoms with Crippen LogP contribution in [0.15, 0.2) is 51.4 Å². The minimum absolute atomic E-state index is 0.00506. The van der Waals surface area contributed by atoms with Gasteiger partial charge in [0.2, 0.25) is 0 Å². The smallest absolute Gasteiger partial charge is 0.281 e. The molecule has 26 heavy (non-hydrogen) atoms. The predicted octanol–water partition coefficient (Wildman–Crippen LogP) is 3.48. The number of thiophene rings is 1. The van der Waals surface area contributed by atoms with Crippen molar-refractivity contribution in [2.75, 3.05) is 11.4 Å². The highest BCUT2D eigenvalue weighted by Crippen LogP contribution is 2.29. The van der Waals surface area contributed by atoms with E-state index >= 15 is 0 Å². The van der Waals surface area contributed by atoms with Crippen LogP contribution in [-0.4, -0.2) is 28.4 Å². The minimum Gasteiger partial charge on any atom is -0.416 e. The molecule has 0 saturated carbocycles. The number of aromatic nitrogens is 2. The molecule has 0 fully saturated rings. The molecule has 0 atom stereocenters. The van der Waals surface area contributed by atoms with Crippen molar-refractivity contribution >= 4 is 28.6 Å². The van der Waals surface area contributed by atoms with E-state index in [0.717, 1.165) is 22.5 Å². The molecule has 3 heterocycles. The van der Waals surface area contributed by atoms with Gasteiger partial charge in [-0.2, -0.15) is 0 Å². The van der Waals surface area contributed by atoms with Gasteiger partial charge in [-0.3, -0.25) is 4.79 Å². The van der Waals surface area contributed by atoms with E-state index in [0.29, 0.717) is 24.0 Å². The van der Waals surface area contributed by atoms with Gasteiger partial charge in [0.15, 0.2) is 12.3 Å². The average Bonchev–Trinajstić information content (AvgIpc) is 3.38. The molecular weight excluding hydrogens is 352 g/mol. The third-order valence-electron chi connectivity index (χ3n) is 3.89. The van der Waals surface area contributed by atoms with E-state index < -0.39 is 0 Å². The number of fused-ring (bicyclic) bond motifs is 1. The molecule has 1 amide bonds. The van der Waals surface area contributed by atoms with E-state index in [1.54, 1.807) is 4.90 Å². The van der Waals surface area contributed by atoms with Gasteiger partial charge < -0.3 is 14.2 Å². The zero-order valence-corrected chi connectivity index (χ0v) is 14.9. The Balaban J connectivity index is 1.49. The summed E-state index contributed by atoms with van der Waals surface area (Å²) in [6.07, 6.45) is 0.863. The van der Waals surface area contributed by atoms with Crippen LogP contribution in [-0.2, 0) is 16.2 Å². The number of benzene rings is 1. The molecular formula is C18H16N4O3S. The Labute approximate surface area is 153 Å². The van der Waals surface area contributed by atoms with Crippen LogP contribution in [0, 0.1) is 0 Å². The first-order valence-electron chi connectivity index (χ1n) is 8.25. The Hall–Kier alpha value is -3.00. The Morgan fingerprint density at radius 2 is 2.12 bits per heavy atom. The van der Waals surface area contributed by atoms with E-state index in [1.165, 1.54) is 11.3 Å². The molecule has 0 aliphatic carbocycles. The number of hydrogen-bond donors (Lipinski definition) is 0. The van der Waals surface area contributed by atoms with Crippen molar-refractivity contribution in [2.45, 2.75) is 20.0 Å². The van der Waals surface area contributed by atoms with Gasteiger partial charge in [-0.25, -0.2) is 0 Å². The third-order valence-corrected chi connectivity index (χ3v) is 4.75. The lowest BCUT2D eigenvalue weighted by atomic mass is 10.1. The molecule has 0 N–H and O–H groups in total. The molecule has 0 saturated heterocycles. The highest BCUT2D eigenvalue weighted by atomic mass is 32.1. The second-order valence-corrected chi connectivity index (χ2v) is 6.61.